The molecule has 7 heteroatoms. The Balaban J connectivity index is 1.37. The van der Waals surface area contributed by atoms with E-state index in [-0.39, 0.29) is 0 Å². The number of thioether (sulfide) groups is 1. The minimum Gasteiger partial charge on any atom is -0.303 e. The van der Waals surface area contributed by atoms with Gasteiger partial charge in [0.05, 0.1) is 16.0 Å². The van der Waals surface area contributed by atoms with Crippen LogP contribution in [0.15, 0.2) is 46.9 Å². The zero-order valence-electron chi connectivity index (χ0n) is 13.5. The van der Waals surface area contributed by atoms with Gasteiger partial charge in [0.25, 0.3) is 0 Å². The van der Waals surface area contributed by atoms with Crippen molar-refractivity contribution >= 4 is 44.7 Å². The van der Waals surface area contributed by atoms with Gasteiger partial charge in [0.1, 0.15) is 10.8 Å². The number of hydrogen-bond acceptors (Lipinski definition) is 6. The summed E-state index contributed by atoms with van der Waals surface area (Å²) < 4.78 is 3.61. The van der Waals surface area contributed by atoms with Crippen molar-refractivity contribution in [3.8, 4) is 0 Å². The first-order valence-corrected chi connectivity index (χ1v) is 11.0. The molecule has 25 heavy (non-hydrogen) atoms. The van der Waals surface area contributed by atoms with Crippen molar-refractivity contribution in [2.45, 2.75) is 36.2 Å². The third-order valence-corrected chi connectivity index (χ3v) is 7.27. The number of nitrogens with zero attached hydrogens (tertiary/aromatic N) is 4. The van der Waals surface area contributed by atoms with Crippen molar-refractivity contribution in [3.63, 3.8) is 0 Å². The predicted molar refractivity (Wildman–Crippen MR) is 105 cm³/mol. The van der Waals surface area contributed by atoms with Crippen molar-refractivity contribution in [1.82, 2.24) is 19.7 Å². The Morgan fingerprint density at radius 1 is 1.12 bits per heavy atom. The van der Waals surface area contributed by atoms with Crippen LogP contribution in [0, 0.1) is 0 Å². The second-order valence-corrected chi connectivity index (χ2v) is 9.21. The first-order chi connectivity index (χ1) is 12.4. The lowest BCUT2D eigenvalue weighted by Gasteiger charge is -2.07. The SMILES string of the molecule is c1csc(Cc2nnc(SCc3nc4ccccc4s3)n2C2CC2)c1. The maximum atomic E-state index is 4.73. The molecule has 3 heterocycles. The summed E-state index contributed by atoms with van der Waals surface area (Å²) in [5, 5.41) is 13.3. The second kappa shape index (κ2) is 6.55. The second-order valence-electron chi connectivity index (χ2n) is 6.12. The van der Waals surface area contributed by atoms with Gasteiger partial charge < -0.3 is 4.57 Å². The molecular weight excluding hydrogens is 368 g/mol. The van der Waals surface area contributed by atoms with Crippen molar-refractivity contribution in [3.05, 3.63) is 57.5 Å². The summed E-state index contributed by atoms with van der Waals surface area (Å²) in [6.07, 6.45) is 3.36. The maximum absolute atomic E-state index is 4.73. The zero-order chi connectivity index (χ0) is 16.6. The van der Waals surface area contributed by atoms with Gasteiger partial charge in [-0.3, -0.25) is 0 Å². The fourth-order valence-corrected chi connectivity index (χ4v) is 5.59. The molecule has 3 aromatic heterocycles. The first kappa shape index (κ1) is 15.5. The molecule has 126 valence electrons. The van der Waals surface area contributed by atoms with Crippen molar-refractivity contribution in [1.29, 1.82) is 0 Å². The smallest absolute Gasteiger partial charge is 0.191 e. The van der Waals surface area contributed by atoms with Gasteiger partial charge in [-0.25, -0.2) is 4.98 Å². The van der Waals surface area contributed by atoms with Crippen LogP contribution in [0.2, 0.25) is 0 Å². The highest BCUT2D eigenvalue weighted by atomic mass is 32.2. The summed E-state index contributed by atoms with van der Waals surface area (Å²) in [6, 6.07) is 13.2. The van der Waals surface area contributed by atoms with Crippen LogP contribution in [0.25, 0.3) is 10.2 Å². The topological polar surface area (TPSA) is 43.6 Å². The van der Waals surface area contributed by atoms with Gasteiger partial charge >= 0.3 is 0 Å². The van der Waals surface area contributed by atoms with Crippen LogP contribution in [0.4, 0.5) is 0 Å². The number of fused-ring (bicyclic) bond motifs is 1. The van der Waals surface area contributed by atoms with Crippen LogP contribution < -0.4 is 0 Å². The lowest BCUT2D eigenvalue weighted by Crippen LogP contribution is -2.03. The van der Waals surface area contributed by atoms with Gasteiger partial charge in [0, 0.05) is 17.3 Å². The Morgan fingerprint density at radius 3 is 2.84 bits per heavy atom. The number of benzene rings is 1. The standard InChI is InChI=1S/C18H16N4S3/c1-2-6-15-14(5-1)19-17(25-15)11-24-18-21-20-16(22(18)12-7-8-12)10-13-4-3-9-23-13/h1-6,9,12H,7-8,10-11H2. The highest BCUT2D eigenvalue weighted by Gasteiger charge is 2.29. The van der Waals surface area contributed by atoms with Crippen LogP contribution in [0.3, 0.4) is 0 Å². The van der Waals surface area contributed by atoms with E-state index in [1.165, 1.54) is 22.4 Å². The van der Waals surface area contributed by atoms with Crippen LogP contribution in [0.1, 0.15) is 34.6 Å². The van der Waals surface area contributed by atoms with Gasteiger partial charge in [0.15, 0.2) is 5.16 Å². The Kier molecular flexibility index (Phi) is 4.07. The minimum absolute atomic E-state index is 0.586. The van der Waals surface area contributed by atoms with Crippen LogP contribution in [0.5, 0.6) is 0 Å². The van der Waals surface area contributed by atoms with E-state index in [1.807, 2.05) is 6.07 Å². The summed E-state index contributed by atoms with van der Waals surface area (Å²) in [7, 11) is 0. The van der Waals surface area contributed by atoms with Crippen LogP contribution in [-0.2, 0) is 12.2 Å². The van der Waals surface area contributed by atoms with Gasteiger partial charge in [-0.2, -0.15) is 0 Å². The molecule has 0 unspecified atom stereocenters. The number of hydrogen-bond donors (Lipinski definition) is 0. The zero-order valence-corrected chi connectivity index (χ0v) is 15.9. The quantitative estimate of drug-likeness (QED) is 0.430. The molecule has 0 aliphatic heterocycles. The normalized spacial score (nSPS) is 14.4. The van der Waals surface area contributed by atoms with Gasteiger partial charge in [-0.05, 0) is 36.4 Å². The van der Waals surface area contributed by atoms with Gasteiger partial charge in [-0.1, -0.05) is 30.0 Å². The molecule has 4 nitrogen and oxygen atoms in total. The van der Waals surface area contributed by atoms with Gasteiger partial charge in [0.2, 0.25) is 0 Å². The number of para-hydroxylation sites is 1. The predicted octanol–water partition coefficient (Wildman–Crippen LogP) is 5.17. The molecule has 0 spiro atoms. The first-order valence-electron chi connectivity index (χ1n) is 8.30. The molecule has 4 aromatic rings. The molecule has 1 saturated carbocycles. The lowest BCUT2D eigenvalue weighted by molar-refractivity contribution is 0.635. The van der Waals surface area contributed by atoms with Crippen molar-refractivity contribution in [2.75, 3.05) is 0 Å². The van der Waals surface area contributed by atoms with E-state index < -0.39 is 0 Å². The minimum atomic E-state index is 0.586. The lowest BCUT2D eigenvalue weighted by atomic mass is 10.3. The summed E-state index contributed by atoms with van der Waals surface area (Å²) in [5.41, 5.74) is 1.09. The van der Waals surface area contributed by atoms with Crippen molar-refractivity contribution in [2.24, 2.45) is 0 Å². The molecule has 1 aromatic carbocycles. The van der Waals surface area contributed by atoms with E-state index in [1.54, 1.807) is 34.4 Å². The highest BCUT2D eigenvalue weighted by Crippen LogP contribution is 2.40. The van der Waals surface area contributed by atoms with Crippen LogP contribution >= 0.6 is 34.4 Å². The molecule has 0 radical (unpaired) electrons. The molecular formula is C18H16N4S3. The van der Waals surface area contributed by atoms with Crippen molar-refractivity contribution < 1.29 is 0 Å². The fraction of sp³-hybridized carbons (Fsp3) is 0.278. The number of thiophene rings is 1. The molecule has 5 rings (SSSR count). The van der Waals surface area contributed by atoms with Crippen LogP contribution in [-0.4, -0.2) is 19.7 Å². The number of aromatic nitrogens is 4. The fourth-order valence-electron chi connectivity index (χ4n) is 2.90. The summed E-state index contributed by atoms with van der Waals surface area (Å²) in [5.74, 6) is 1.94. The summed E-state index contributed by atoms with van der Waals surface area (Å²) in [6.45, 7) is 0. The molecule has 1 fully saturated rings. The molecule has 1 aliphatic carbocycles. The molecule has 0 N–H and O–H groups in total. The number of rotatable bonds is 6. The Labute approximate surface area is 157 Å². The van der Waals surface area contributed by atoms with Gasteiger partial charge in [-0.15, -0.1) is 32.9 Å². The monoisotopic (exact) mass is 384 g/mol. The molecule has 0 amide bonds. The van der Waals surface area contributed by atoms with E-state index in [4.69, 9.17) is 4.98 Å². The van der Waals surface area contributed by atoms with E-state index >= 15 is 0 Å². The van der Waals surface area contributed by atoms with E-state index in [9.17, 15) is 0 Å². The Bertz CT molecular complexity index is 966. The molecule has 0 atom stereocenters. The average Bonchev–Trinajstić information content (AvgIpc) is 3.04. The van der Waals surface area contributed by atoms with E-state index in [0.717, 1.165) is 33.7 Å². The Hall–Kier alpha value is -1.70. The Morgan fingerprint density at radius 2 is 2.04 bits per heavy atom. The molecule has 0 saturated heterocycles. The highest BCUT2D eigenvalue weighted by molar-refractivity contribution is 7.98. The third kappa shape index (κ3) is 3.23. The maximum Gasteiger partial charge on any atom is 0.191 e. The van der Waals surface area contributed by atoms with E-state index in [2.05, 4.69) is 50.5 Å². The largest absolute Gasteiger partial charge is 0.303 e. The number of thiazole rings is 1. The summed E-state index contributed by atoms with van der Waals surface area (Å²) >= 11 is 5.31. The summed E-state index contributed by atoms with van der Waals surface area (Å²) in [4.78, 5) is 6.07. The molecule has 0 bridgehead atoms. The molecule has 1 aliphatic rings. The third-order valence-electron chi connectivity index (χ3n) is 4.22. The van der Waals surface area contributed by atoms with E-state index in [0.29, 0.717) is 6.04 Å². The average molecular weight is 385 g/mol.